The lowest BCUT2D eigenvalue weighted by atomic mass is 10.1. The van der Waals surface area contributed by atoms with Crippen molar-refractivity contribution in [2.24, 2.45) is 0 Å². The monoisotopic (exact) mass is 208 g/mol. The van der Waals surface area contributed by atoms with Gasteiger partial charge in [-0.15, -0.1) is 0 Å². The van der Waals surface area contributed by atoms with Crippen molar-refractivity contribution < 1.29 is 0 Å². The predicted octanol–water partition coefficient (Wildman–Crippen LogP) is 2.00. The SMILES string of the molecule is CCCNCc1ccc(C(C)C)[nH]c1=O. The van der Waals surface area contributed by atoms with Gasteiger partial charge in [0.05, 0.1) is 0 Å². The molecule has 15 heavy (non-hydrogen) atoms. The van der Waals surface area contributed by atoms with Gasteiger partial charge in [-0.1, -0.05) is 26.8 Å². The number of hydrogen-bond donors (Lipinski definition) is 2. The largest absolute Gasteiger partial charge is 0.326 e. The molecule has 0 spiro atoms. The van der Waals surface area contributed by atoms with E-state index in [0.717, 1.165) is 24.2 Å². The Morgan fingerprint density at radius 3 is 2.67 bits per heavy atom. The van der Waals surface area contributed by atoms with E-state index in [1.54, 1.807) is 0 Å². The third-order valence-corrected chi connectivity index (χ3v) is 2.38. The second kappa shape index (κ2) is 5.71. The van der Waals surface area contributed by atoms with Crippen LogP contribution in [0.25, 0.3) is 0 Å². The molecule has 3 nitrogen and oxygen atoms in total. The van der Waals surface area contributed by atoms with E-state index < -0.39 is 0 Å². The molecule has 0 atom stereocenters. The maximum atomic E-state index is 11.6. The number of pyridine rings is 1. The Kier molecular flexibility index (Phi) is 4.56. The van der Waals surface area contributed by atoms with E-state index >= 15 is 0 Å². The van der Waals surface area contributed by atoms with Gasteiger partial charge in [-0.05, 0) is 24.9 Å². The van der Waals surface area contributed by atoms with Crippen LogP contribution in [0.3, 0.4) is 0 Å². The van der Waals surface area contributed by atoms with Gasteiger partial charge in [-0.3, -0.25) is 4.79 Å². The molecule has 0 aliphatic carbocycles. The van der Waals surface area contributed by atoms with Crippen LogP contribution in [0.15, 0.2) is 16.9 Å². The molecule has 1 heterocycles. The first-order valence-electron chi connectivity index (χ1n) is 5.58. The summed E-state index contributed by atoms with van der Waals surface area (Å²) in [5.41, 5.74) is 1.84. The minimum Gasteiger partial charge on any atom is -0.326 e. The Balaban J connectivity index is 2.71. The number of H-pyrrole nitrogens is 1. The predicted molar refractivity (Wildman–Crippen MR) is 63.1 cm³/mol. The summed E-state index contributed by atoms with van der Waals surface area (Å²) < 4.78 is 0. The fourth-order valence-corrected chi connectivity index (χ4v) is 1.39. The quantitative estimate of drug-likeness (QED) is 0.727. The van der Waals surface area contributed by atoms with Crippen LogP contribution in [0.4, 0.5) is 0 Å². The highest BCUT2D eigenvalue weighted by molar-refractivity contribution is 5.16. The Morgan fingerprint density at radius 1 is 1.40 bits per heavy atom. The molecule has 0 radical (unpaired) electrons. The first kappa shape index (κ1) is 12.0. The summed E-state index contributed by atoms with van der Waals surface area (Å²) in [7, 11) is 0. The fraction of sp³-hybridized carbons (Fsp3) is 0.583. The zero-order valence-electron chi connectivity index (χ0n) is 9.76. The summed E-state index contributed by atoms with van der Waals surface area (Å²) in [5.74, 6) is 0.371. The smallest absolute Gasteiger partial charge is 0.252 e. The summed E-state index contributed by atoms with van der Waals surface area (Å²) in [6, 6.07) is 3.91. The van der Waals surface area contributed by atoms with E-state index in [1.807, 2.05) is 12.1 Å². The van der Waals surface area contributed by atoms with Crippen molar-refractivity contribution in [3.8, 4) is 0 Å². The summed E-state index contributed by atoms with van der Waals surface area (Å²) in [4.78, 5) is 14.5. The van der Waals surface area contributed by atoms with Gasteiger partial charge in [0.15, 0.2) is 0 Å². The van der Waals surface area contributed by atoms with E-state index in [2.05, 4.69) is 31.1 Å². The van der Waals surface area contributed by atoms with Crippen molar-refractivity contribution in [2.75, 3.05) is 6.54 Å². The first-order chi connectivity index (χ1) is 7.15. The molecule has 1 aromatic rings. The fourth-order valence-electron chi connectivity index (χ4n) is 1.39. The van der Waals surface area contributed by atoms with Gasteiger partial charge < -0.3 is 10.3 Å². The highest BCUT2D eigenvalue weighted by atomic mass is 16.1. The molecule has 1 rings (SSSR count). The van der Waals surface area contributed by atoms with Crippen LogP contribution in [-0.2, 0) is 6.54 Å². The molecule has 0 amide bonds. The highest BCUT2D eigenvalue weighted by Gasteiger charge is 2.03. The molecule has 0 aliphatic rings. The second-order valence-corrected chi connectivity index (χ2v) is 4.10. The maximum absolute atomic E-state index is 11.6. The van der Waals surface area contributed by atoms with Crippen molar-refractivity contribution >= 4 is 0 Å². The van der Waals surface area contributed by atoms with Crippen LogP contribution in [0.2, 0.25) is 0 Å². The molecule has 0 saturated heterocycles. The molecule has 0 aliphatic heterocycles. The third-order valence-electron chi connectivity index (χ3n) is 2.38. The van der Waals surface area contributed by atoms with Crippen LogP contribution in [0, 0.1) is 0 Å². The Hall–Kier alpha value is -1.09. The van der Waals surface area contributed by atoms with Gasteiger partial charge in [-0.2, -0.15) is 0 Å². The van der Waals surface area contributed by atoms with Crippen LogP contribution in [0.1, 0.15) is 44.4 Å². The molecule has 2 N–H and O–H groups in total. The van der Waals surface area contributed by atoms with Gasteiger partial charge in [0, 0.05) is 17.8 Å². The number of aromatic amines is 1. The molecule has 3 heteroatoms. The van der Waals surface area contributed by atoms with E-state index in [-0.39, 0.29) is 5.56 Å². The van der Waals surface area contributed by atoms with Crippen LogP contribution in [-0.4, -0.2) is 11.5 Å². The summed E-state index contributed by atoms with van der Waals surface area (Å²) in [5, 5.41) is 3.22. The van der Waals surface area contributed by atoms with E-state index in [1.165, 1.54) is 0 Å². The molecule has 0 saturated carbocycles. The van der Waals surface area contributed by atoms with Gasteiger partial charge in [0.1, 0.15) is 0 Å². The number of rotatable bonds is 5. The molecule has 0 aromatic carbocycles. The lowest BCUT2D eigenvalue weighted by Crippen LogP contribution is -2.22. The number of aromatic nitrogens is 1. The topological polar surface area (TPSA) is 44.9 Å². The normalized spacial score (nSPS) is 10.9. The minimum absolute atomic E-state index is 0.0322. The molecule has 0 bridgehead atoms. The number of nitrogens with one attached hydrogen (secondary N) is 2. The Morgan fingerprint density at radius 2 is 2.13 bits per heavy atom. The van der Waals surface area contributed by atoms with Crippen LogP contribution in [0.5, 0.6) is 0 Å². The van der Waals surface area contributed by atoms with Crippen molar-refractivity contribution in [2.45, 2.75) is 39.7 Å². The average Bonchev–Trinajstić information content (AvgIpc) is 2.20. The van der Waals surface area contributed by atoms with Crippen molar-refractivity contribution in [1.82, 2.24) is 10.3 Å². The first-order valence-corrected chi connectivity index (χ1v) is 5.58. The van der Waals surface area contributed by atoms with E-state index in [4.69, 9.17) is 0 Å². The summed E-state index contributed by atoms with van der Waals surface area (Å²) in [6.07, 6.45) is 1.09. The van der Waals surface area contributed by atoms with Gasteiger partial charge >= 0.3 is 0 Å². The van der Waals surface area contributed by atoms with Crippen molar-refractivity contribution in [1.29, 1.82) is 0 Å². The zero-order chi connectivity index (χ0) is 11.3. The highest BCUT2D eigenvalue weighted by Crippen LogP contribution is 2.08. The van der Waals surface area contributed by atoms with E-state index in [9.17, 15) is 4.79 Å². The summed E-state index contributed by atoms with van der Waals surface area (Å²) >= 11 is 0. The summed E-state index contributed by atoms with van der Waals surface area (Å²) in [6.45, 7) is 7.85. The Labute approximate surface area is 90.9 Å². The van der Waals surface area contributed by atoms with E-state index in [0.29, 0.717) is 12.5 Å². The minimum atomic E-state index is 0.0322. The molecule has 84 valence electrons. The Bertz CT molecular complexity index is 355. The van der Waals surface area contributed by atoms with Gasteiger partial charge in [-0.25, -0.2) is 0 Å². The van der Waals surface area contributed by atoms with Crippen molar-refractivity contribution in [3.63, 3.8) is 0 Å². The second-order valence-electron chi connectivity index (χ2n) is 4.10. The molecular formula is C12H20N2O. The molecule has 0 fully saturated rings. The average molecular weight is 208 g/mol. The molecule has 1 aromatic heterocycles. The third kappa shape index (κ3) is 3.51. The lowest BCUT2D eigenvalue weighted by molar-refractivity contribution is 0.668. The maximum Gasteiger partial charge on any atom is 0.252 e. The number of hydrogen-bond acceptors (Lipinski definition) is 2. The lowest BCUT2D eigenvalue weighted by Gasteiger charge is -2.07. The van der Waals surface area contributed by atoms with Gasteiger partial charge in [0.2, 0.25) is 0 Å². The zero-order valence-corrected chi connectivity index (χ0v) is 9.76. The standard InChI is InChI=1S/C12H20N2O/c1-4-7-13-8-10-5-6-11(9(2)3)14-12(10)15/h5-6,9,13H,4,7-8H2,1-3H3,(H,14,15). The van der Waals surface area contributed by atoms with Crippen LogP contribution < -0.4 is 10.9 Å². The molecular weight excluding hydrogens is 188 g/mol. The van der Waals surface area contributed by atoms with Crippen LogP contribution >= 0.6 is 0 Å². The van der Waals surface area contributed by atoms with Gasteiger partial charge in [0.25, 0.3) is 5.56 Å². The molecule has 0 unspecified atom stereocenters. The van der Waals surface area contributed by atoms with Crippen molar-refractivity contribution in [3.05, 3.63) is 33.7 Å².